The number of rotatable bonds is 4. The zero-order valence-electron chi connectivity index (χ0n) is 10.4. The molecule has 0 bridgehead atoms. The van der Waals surface area contributed by atoms with Crippen LogP contribution in [-0.4, -0.2) is 17.7 Å². The monoisotopic (exact) mass is 232 g/mol. The zero-order valence-corrected chi connectivity index (χ0v) is 10.4. The van der Waals surface area contributed by atoms with E-state index in [2.05, 4.69) is 5.32 Å². The van der Waals surface area contributed by atoms with Crippen LogP contribution in [0.5, 0.6) is 0 Å². The maximum absolute atomic E-state index is 12.0. The second-order valence-corrected chi connectivity index (χ2v) is 5.34. The number of hydrogen-bond donors (Lipinski definition) is 1. The van der Waals surface area contributed by atoms with E-state index in [1.165, 1.54) is 30.5 Å². The fourth-order valence-electron chi connectivity index (χ4n) is 3.01. The van der Waals surface area contributed by atoms with Crippen LogP contribution in [0.2, 0.25) is 0 Å². The molecule has 92 valence electrons. The van der Waals surface area contributed by atoms with Crippen LogP contribution in [-0.2, 0) is 19.4 Å². The van der Waals surface area contributed by atoms with Crippen molar-refractivity contribution in [1.29, 1.82) is 0 Å². The van der Waals surface area contributed by atoms with Gasteiger partial charge in [-0.15, -0.1) is 0 Å². The highest BCUT2D eigenvalue weighted by molar-refractivity contribution is 5.25. The summed E-state index contributed by atoms with van der Waals surface area (Å²) in [5.74, 6) is 0.782. The third kappa shape index (κ3) is 2.04. The standard InChI is InChI=1S/C14H20N2O/c1-15-12(10-5-6-10)9-16-13-4-2-3-11(13)7-8-14(16)17/h7-8,10,12,15H,2-6,9H2,1H3. The van der Waals surface area contributed by atoms with Crippen LogP contribution in [0.4, 0.5) is 0 Å². The maximum Gasteiger partial charge on any atom is 0.250 e. The molecule has 1 N–H and O–H groups in total. The lowest BCUT2D eigenvalue weighted by atomic mass is 10.1. The van der Waals surface area contributed by atoms with Gasteiger partial charge in [0.05, 0.1) is 0 Å². The fraction of sp³-hybridized carbons (Fsp3) is 0.643. The van der Waals surface area contributed by atoms with Crippen LogP contribution in [0, 0.1) is 5.92 Å². The van der Waals surface area contributed by atoms with Gasteiger partial charge in [-0.3, -0.25) is 4.79 Å². The summed E-state index contributed by atoms with van der Waals surface area (Å²) in [5.41, 5.74) is 2.85. The van der Waals surface area contributed by atoms with E-state index < -0.39 is 0 Å². The van der Waals surface area contributed by atoms with E-state index in [1.54, 1.807) is 6.07 Å². The van der Waals surface area contributed by atoms with Crippen LogP contribution in [0.15, 0.2) is 16.9 Å². The van der Waals surface area contributed by atoms with Crippen molar-refractivity contribution in [1.82, 2.24) is 9.88 Å². The summed E-state index contributed by atoms with van der Waals surface area (Å²) < 4.78 is 2.02. The van der Waals surface area contributed by atoms with E-state index >= 15 is 0 Å². The van der Waals surface area contributed by atoms with Gasteiger partial charge in [-0.25, -0.2) is 0 Å². The van der Waals surface area contributed by atoms with Gasteiger partial charge in [0.15, 0.2) is 0 Å². The molecular weight excluding hydrogens is 212 g/mol. The number of likely N-dealkylation sites (N-methyl/N-ethyl adjacent to an activating group) is 1. The lowest BCUT2D eigenvalue weighted by molar-refractivity contribution is 0.423. The number of hydrogen-bond acceptors (Lipinski definition) is 2. The molecule has 0 amide bonds. The Morgan fingerprint density at radius 2 is 2.24 bits per heavy atom. The lowest BCUT2D eigenvalue weighted by Crippen LogP contribution is -2.37. The molecule has 0 aromatic carbocycles. The Balaban J connectivity index is 1.91. The largest absolute Gasteiger partial charge is 0.315 e. The molecule has 3 rings (SSSR count). The van der Waals surface area contributed by atoms with Crippen molar-refractivity contribution < 1.29 is 0 Å². The number of fused-ring (bicyclic) bond motifs is 1. The number of nitrogens with one attached hydrogen (secondary N) is 1. The van der Waals surface area contributed by atoms with E-state index in [4.69, 9.17) is 0 Å². The van der Waals surface area contributed by atoms with Gasteiger partial charge in [0.25, 0.3) is 5.56 Å². The second-order valence-electron chi connectivity index (χ2n) is 5.34. The summed E-state index contributed by atoms with van der Waals surface area (Å²) in [6.07, 6.45) is 6.05. The smallest absolute Gasteiger partial charge is 0.250 e. The molecular formula is C14H20N2O. The van der Waals surface area contributed by atoms with Crippen LogP contribution < -0.4 is 10.9 Å². The van der Waals surface area contributed by atoms with Gasteiger partial charge < -0.3 is 9.88 Å². The Hall–Kier alpha value is -1.09. The number of aryl methyl sites for hydroxylation is 1. The summed E-state index contributed by atoms with van der Waals surface area (Å²) in [5, 5.41) is 3.37. The van der Waals surface area contributed by atoms with Crippen LogP contribution in [0.3, 0.4) is 0 Å². The average Bonchev–Trinajstić information content (AvgIpc) is 3.06. The summed E-state index contributed by atoms with van der Waals surface area (Å²) in [7, 11) is 2.01. The van der Waals surface area contributed by atoms with Crippen molar-refractivity contribution in [3.05, 3.63) is 33.7 Å². The van der Waals surface area contributed by atoms with Crippen molar-refractivity contribution in [2.75, 3.05) is 7.05 Å². The molecule has 1 aromatic rings. The average molecular weight is 232 g/mol. The summed E-state index contributed by atoms with van der Waals surface area (Å²) in [6.45, 7) is 0.850. The van der Waals surface area contributed by atoms with Gasteiger partial charge in [-0.1, -0.05) is 6.07 Å². The molecule has 1 atom stereocenters. The molecule has 17 heavy (non-hydrogen) atoms. The third-order valence-corrected chi connectivity index (χ3v) is 4.19. The highest BCUT2D eigenvalue weighted by Gasteiger charge is 2.31. The molecule has 1 unspecified atom stereocenters. The van der Waals surface area contributed by atoms with Crippen LogP contribution in [0.25, 0.3) is 0 Å². The predicted molar refractivity (Wildman–Crippen MR) is 68.3 cm³/mol. The van der Waals surface area contributed by atoms with Gasteiger partial charge in [0.1, 0.15) is 0 Å². The normalized spacial score (nSPS) is 20.3. The molecule has 0 aliphatic heterocycles. The van der Waals surface area contributed by atoms with Crippen molar-refractivity contribution in [2.24, 2.45) is 5.92 Å². The summed E-state index contributed by atoms with van der Waals surface area (Å²) >= 11 is 0. The minimum Gasteiger partial charge on any atom is -0.315 e. The SMILES string of the molecule is CNC(Cn1c2c(ccc1=O)CCC2)C1CC1. The molecule has 1 fully saturated rings. The first kappa shape index (κ1) is 11.0. The third-order valence-electron chi connectivity index (χ3n) is 4.19. The maximum atomic E-state index is 12.0. The number of aromatic nitrogens is 1. The molecule has 2 aliphatic rings. The predicted octanol–water partition coefficient (Wildman–Crippen LogP) is 1.33. The van der Waals surface area contributed by atoms with Gasteiger partial charge >= 0.3 is 0 Å². The molecule has 2 aliphatic carbocycles. The molecule has 1 heterocycles. The molecule has 3 nitrogen and oxygen atoms in total. The van der Waals surface area contributed by atoms with Crippen LogP contribution in [0.1, 0.15) is 30.5 Å². The van der Waals surface area contributed by atoms with E-state index in [0.29, 0.717) is 6.04 Å². The van der Waals surface area contributed by atoms with Gasteiger partial charge in [-0.2, -0.15) is 0 Å². The van der Waals surface area contributed by atoms with Gasteiger partial charge in [-0.05, 0) is 50.6 Å². The number of pyridine rings is 1. The highest BCUT2D eigenvalue weighted by Crippen LogP contribution is 2.33. The lowest BCUT2D eigenvalue weighted by Gasteiger charge is -2.19. The Morgan fingerprint density at radius 3 is 2.94 bits per heavy atom. The van der Waals surface area contributed by atoms with E-state index in [0.717, 1.165) is 25.3 Å². The van der Waals surface area contributed by atoms with Crippen molar-refractivity contribution in [3.8, 4) is 0 Å². The van der Waals surface area contributed by atoms with Crippen LogP contribution >= 0.6 is 0 Å². The van der Waals surface area contributed by atoms with Crippen molar-refractivity contribution >= 4 is 0 Å². The van der Waals surface area contributed by atoms with Gasteiger partial charge in [0, 0.05) is 24.3 Å². The Kier molecular flexibility index (Phi) is 2.79. The fourth-order valence-corrected chi connectivity index (χ4v) is 3.01. The van der Waals surface area contributed by atoms with Crippen molar-refractivity contribution in [3.63, 3.8) is 0 Å². The second kappa shape index (κ2) is 4.30. The molecule has 0 saturated heterocycles. The Labute approximate surface area is 102 Å². The zero-order chi connectivity index (χ0) is 11.8. The number of nitrogens with zero attached hydrogens (tertiary/aromatic N) is 1. The molecule has 0 radical (unpaired) electrons. The van der Waals surface area contributed by atoms with Gasteiger partial charge in [0.2, 0.25) is 0 Å². The first-order valence-corrected chi connectivity index (χ1v) is 6.68. The summed E-state index contributed by atoms with van der Waals surface area (Å²) in [4.78, 5) is 12.0. The van der Waals surface area contributed by atoms with E-state index in [1.807, 2.05) is 17.7 Å². The molecule has 1 aromatic heterocycles. The first-order valence-electron chi connectivity index (χ1n) is 6.68. The van der Waals surface area contributed by atoms with Crippen molar-refractivity contribution in [2.45, 2.75) is 44.7 Å². The Bertz CT molecular complexity index is 474. The topological polar surface area (TPSA) is 34.0 Å². The molecule has 1 saturated carbocycles. The minimum atomic E-state index is 0.173. The van der Waals surface area contributed by atoms with E-state index in [-0.39, 0.29) is 5.56 Å². The first-order chi connectivity index (χ1) is 8.29. The van der Waals surface area contributed by atoms with E-state index in [9.17, 15) is 4.79 Å². The highest BCUT2D eigenvalue weighted by atomic mass is 16.1. The quantitative estimate of drug-likeness (QED) is 0.850. The Morgan fingerprint density at radius 1 is 1.41 bits per heavy atom. The molecule has 0 spiro atoms. The minimum absolute atomic E-state index is 0.173. The molecule has 3 heteroatoms. The summed E-state index contributed by atoms with van der Waals surface area (Å²) in [6, 6.07) is 4.23.